The van der Waals surface area contributed by atoms with Gasteiger partial charge in [0.2, 0.25) is 0 Å². The van der Waals surface area contributed by atoms with E-state index in [9.17, 15) is 10.1 Å². The average molecular weight is 384 g/mol. The van der Waals surface area contributed by atoms with Gasteiger partial charge in [-0.2, -0.15) is 15.5 Å². The summed E-state index contributed by atoms with van der Waals surface area (Å²) in [4.78, 5) is 12.7. The first-order valence-corrected chi connectivity index (χ1v) is 8.81. The lowest BCUT2D eigenvalue weighted by Crippen LogP contribution is -2.17. The molecule has 0 aliphatic carbocycles. The second-order valence-electron chi connectivity index (χ2n) is 6.05. The van der Waals surface area contributed by atoms with Crippen molar-refractivity contribution in [2.45, 2.75) is 6.73 Å². The number of nitrogens with one attached hydrogen (secondary N) is 1. The molecule has 0 saturated heterocycles. The molecule has 0 atom stereocenters. The van der Waals surface area contributed by atoms with Gasteiger partial charge in [-0.15, -0.1) is 0 Å². The summed E-state index contributed by atoms with van der Waals surface area (Å²) in [7, 11) is 0. The fraction of sp³-hybridized carbons (Fsp3) is 0.0476. The molecule has 0 spiro atoms. The summed E-state index contributed by atoms with van der Waals surface area (Å²) >= 11 is 0. The molecule has 2 aromatic carbocycles. The minimum absolute atomic E-state index is 0.169. The largest absolute Gasteiger partial charge is 0.471 e. The number of nitriles is 1. The van der Waals surface area contributed by atoms with Crippen molar-refractivity contribution in [3.8, 4) is 17.5 Å². The van der Waals surface area contributed by atoms with Crippen molar-refractivity contribution in [3.63, 3.8) is 0 Å². The highest BCUT2D eigenvalue weighted by Gasteiger charge is 2.17. The number of para-hydroxylation sites is 2. The van der Waals surface area contributed by atoms with Crippen LogP contribution in [0.2, 0.25) is 0 Å². The Morgan fingerprint density at radius 1 is 1.07 bits per heavy atom. The fourth-order valence-corrected chi connectivity index (χ4v) is 2.70. The topological polar surface area (TPSA) is 97.8 Å². The van der Waals surface area contributed by atoms with Crippen LogP contribution >= 0.6 is 0 Å². The second kappa shape index (κ2) is 8.10. The zero-order chi connectivity index (χ0) is 20.1. The minimum Gasteiger partial charge on any atom is -0.471 e. The van der Waals surface area contributed by atoms with Crippen LogP contribution in [0.5, 0.6) is 5.75 Å². The number of anilines is 1. The maximum Gasteiger partial charge on any atom is 0.277 e. The first kappa shape index (κ1) is 18.0. The summed E-state index contributed by atoms with van der Waals surface area (Å²) in [5, 5.41) is 20.5. The highest BCUT2D eigenvalue weighted by atomic mass is 16.5. The van der Waals surface area contributed by atoms with Gasteiger partial charge in [0.25, 0.3) is 5.91 Å². The fourth-order valence-electron chi connectivity index (χ4n) is 2.70. The van der Waals surface area contributed by atoms with Crippen LogP contribution < -0.4 is 10.1 Å². The molecule has 0 aliphatic rings. The predicted octanol–water partition coefficient (Wildman–Crippen LogP) is 3.23. The molecular weight excluding hydrogens is 368 g/mol. The molecule has 0 fully saturated rings. The maximum absolute atomic E-state index is 12.7. The van der Waals surface area contributed by atoms with Crippen molar-refractivity contribution >= 4 is 11.7 Å². The van der Waals surface area contributed by atoms with Crippen molar-refractivity contribution in [3.05, 3.63) is 90.4 Å². The van der Waals surface area contributed by atoms with Crippen LogP contribution in [0.25, 0.3) is 5.69 Å². The van der Waals surface area contributed by atoms with E-state index >= 15 is 0 Å². The SMILES string of the molecule is N#Cc1cnn(-c2ccccc2)c1NC(=O)c1ccn(COc2ccccc2)n1. The summed E-state index contributed by atoms with van der Waals surface area (Å²) in [6.07, 6.45) is 3.06. The van der Waals surface area contributed by atoms with Crippen LogP contribution in [-0.2, 0) is 6.73 Å². The zero-order valence-electron chi connectivity index (χ0n) is 15.3. The number of rotatable bonds is 6. The highest BCUT2D eigenvalue weighted by molar-refractivity contribution is 6.03. The summed E-state index contributed by atoms with van der Waals surface area (Å²) < 4.78 is 8.64. The van der Waals surface area contributed by atoms with E-state index < -0.39 is 5.91 Å². The molecule has 0 aliphatic heterocycles. The van der Waals surface area contributed by atoms with Gasteiger partial charge in [-0.3, -0.25) is 4.79 Å². The number of carbonyl (C=O) groups is 1. The summed E-state index contributed by atoms with van der Waals surface area (Å²) in [6, 6.07) is 22.2. The standard InChI is InChI=1S/C21H16N6O2/c22-13-16-14-23-27(17-7-3-1-4-8-17)20(16)24-21(28)19-11-12-26(25-19)15-29-18-9-5-2-6-10-18/h1-12,14H,15H2,(H,24,28). The Balaban J connectivity index is 1.50. The van der Waals surface area contributed by atoms with E-state index in [1.165, 1.54) is 15.6 Å². The van der Waals surface area contributed by atoms with Gasteiger partial charge in [0.15, 0.2) is 18.2 Å². The van der Waals surface area contributed by atoms with E-state index in [2.05, 4.69) is 15.5 Å². The summed E-state index contributed by atoms with van der Waals surface area (Å²) in [6.45, 7) is 0.169. The molecule has 4 aromatic rings. The van der Waals surface area contributed by atoms with Gasteiger partial charge in [0, 0.05) is 6.20 Å². The van der Waals surface area contributed by atoms with Gasteiger partial charge in [0.1, 0.15) is 17.4 Å². The molecule has 0 bridgehead atoms. The smallest absolute Gasteiger partial charge is 0.277 e. The highest BCUT2D eigenvalue weighted by Crippen LogP contribution is 2.20. The molecule has 8 heteroatoms. The van der Waals surface area contributed by atoms with Crippen LogP contribution in [0.3, 0.4) is 0 Å². The first-order valence-electron chi connectivity index (χ1n) is 8.81. The summed E-state index contributed by atoms with van der Waals surface area (Å²) in [5.74, 6) is 0.552. The van der Waals surface area contributed by atoms with Crippen LogP contribution in [-0.4, -0.2) is 25.5 Å². The number of aromatic nitrogens is 4. The van der Waals surface area contributed by atoms with Gasteiger partial charge in [0.05, 0.1) is 11.9 Å². The molecule has 29 heavy (non-hydrogen) atoms. The number of carbonyl (C=O) groups excluding carboxylic acids is 1. The van der Waals surface area contributed by atoms with E-state index in [1.807, 2.05) is 66.7 Å². The summed E-state index contributed by atoms with van der Waals surface area (Å²) in [5.41, 5.74) is 1.19. The normalized spacial score (nSPS) is 10.3. The van der Waals surface area contributed by atoms with Gasteiger partial charge in [-0.05, 0) is 30.3 Å². The minimum atomic E-state index is -0.447. The van der Waals surface area contributed by atoms with Crippen molar-refractivity contribution < 1.29 is 9.53 Å². The van der Waals surface area contributed by atoms with Crippen LogP contribution in [0.4, 0.5) is 5.82 Å². The van der Waals surface area contributed by atoms with E-state index in [-0.39, 0.29) is 18.0 Å². The van der Waals surface area contributed by atoms with Gasteiger partial charge in [-0.25, -0.2) is 9.36 Å². The lowest BCUT2D eigenvalue weighted by atomic mass is 10.3. The second-order valence-corrected chi connectivity index (χ2v) is 6.05. The number of amides is 1. The van der Waals surface area contributed by atoms with Crippen LogP contribution in [0.1, 0.15) is 16.1 Å². The lowest BCUT2D eigenvalue weighted by molar-refractivity contribution is 0.101. The number of benzene rings is 2. The van der Waals surface area contributed by atoms with Crippen molar-refractivity contribution in [2.75, 3.05) is 5.32 Å². The van der Waals surface area contributed by atoms with Gasteiger partial charge >= 0.3 is 0 Å². The Kier molecular flexibility index (Phi) is 5.03. The number of nitrogens with zero attached hydrogens (tertiary/aromatic N) is 5. The molecule has 1 N–H and O–H groups in total. The molecule has 8 nitrogen and oxygen atoms in total. The lowest BCUT2D eigenvalue weighted by Gasteiger charge is -2.08. The third-order valence-electron chi connectivity index (χ3n) is 4.10. The monoisotopic (exact) mass is 384 g/mol. The maximum atomic E-state index is 12.7. The third-order valence-corrected chi connectivity index (χ3v) is 4.10. The number of ether oxygens (including phenoxy) is 1. The molecule has 0 saturated carbocycles. The Bertz CT molecular complexity index is 1160. The van der Waals surface area contributed by atoms with Gasteiger partial charge < -0.3 is 10.1 Å². The van der Waals surface area contributed by atoms with Crippen molar-refractivity contribution in [1.82, 2.24) is 19.6 Å². The van der Waals surface area contributed by atoms with Crippen molar-refractivity contribution in [2.24, 2.45) is 0 Å². The first-order chi connectivity index (χ1) is 14.2. The van der Waals surface area contributed by atoms with Crippen LogP contribution in [0, 0.1) is 11.3 Å². The third kappa shape index (κ3) is 3.99. The number of hydrogen-bond donors (Lipinski definition) is 1. The van der Waals surface area contributed by atoms with Gasteiger partial charge in [-0.1, -0.05) is 36.4 Å². The Morgan fingerprint density at radius 3 is 2.52 bits per heavy atom. The molecule has 2 heterocycles. The molecule has 1 amide bonds. The van der Waals surface area contributed by atoms with E-state index in [0.29, 0.717) is 11.6 Å². The predicted molar refractivity (Wildman–Crippen MR) is 106 cm³/mol. The van der Waals surface area contributed by atoms with Crippen molar-refractivity contribution in [1.29, 1.82) is 5.26 Å². The van der Waals surface area contributed by atoms with Crippen LogP contribution in [0.15, 0.2) is 79.1 Å². The average Bonchev–Trinajstić information content (AvgIpc) is 3.41. The Morgan fingerprint density at radius 2 is 1.79 bits per heavy atom. The Hall–Kier alpha value is -4.38. The zero-order valence-corrected chi connectivity index (χ0v) is 15.3. The Labute approximate surface area is 166 Å². The van der Waals surface area contributed by atoms with E-state index in [0.717, 1.165) is 5.69 Å². The molecule has 0 unspecified atom stereocenters. The molecule has 2 aromatic heterocycles. The van der Waals surface area contributed by atoms with E-state index in [4.69, 9.17) is 4.74 Å². The molecule has 142 valence electrons. The quantitative estimate of drug-likeness (QED) is 0.550. The number of hydrogen-bond acceptors (Lipinski definition) is 5. The molecule has 0 radical (unpaired) electrons. The molecule has 4 rings (SSSR count). The molecular formula is C21H16N6O2. The van der Waals surface area contributed by atoms with E-state index in [1.54, 1.807) is 12.3 Å².